The standard InChI is InChI=1S/C18H25N3O5/c1-12(17(23)21-11-5-8-15(21)18(24)25)19-14(16(22)20-26)10-9-13-6-3-2-4-7-13/h2-4,6-7,12,14-15,19,26H,5,8-11H2,1H3,(H,20,22)(H,24,25)/t12-,14?,15-/m0/s1. The molecule has 2 amide bonds. The van der Waals surface area contributed by atoms with Crippen molar-refractivity contribution in [3.05, 3.63) is 35.9 Å². The summed E-state index contributed by atoms with van der Waals surface area (Å²) in [5.74, 6) is -2.00. The van der Waals surface area contributed by atoms with Gasteiger partial charge in [0.1, 0.15) is 6.04 Å². The summed E-state index contributed by atoms with van der Waals surface area (Å²) in [6.07, 6.45) is 2.05. The molecule has 1 aliphatic rings. The van der Waals surface area contributed by atoms with Crippen molar-refractivity contribution in [1.29, 1.82) is 0 Å². The van der Waals surface area contributed by atoms with Gasteiger partial charge in [-0.1, -0.05) is 30.3 Å². The maximum Gasteiger partial charge on any atom is 0.326 e. The molecule has 1 heterocycles. The smallest absolute Gasteiger partial charge is 0.326 e. The average Bonchev–Trinajstić information content (AvgIpc) is 3.14. The molecule has 1 aliphatic heterocycles. The highest BCUT2D eigenvalue weighted by Gasteiger charge is 2.36. The number of carbonyl (C=O) groups excluding carboxylic acids is 2. The highest BCUT2D eigenvalue weighted by molar-refractivity contribution is 5.88. The Kier molecular flexibility index (Phi) is 7.11. The molecule has 3 atom stereocenters. The maximum atomic E-state index is 12.6. The van der Waals surface area contributed by atoms with Crippen molar-refractivity contribution in [1.82, 2.24) is 15.7 Å². The second-order valence-electron chi connectivity index (χ2n) is 6.47. The largest absolute Gasteiger partial charge is 0.480 e. The third-order valence-corrected chi connectivity index (χ3v) is 4.63. The lowest BCUT2D eigenvalue weighted by Gasteiger charge is -2.27. The number of benzene rings is 1. The van der Waals surface area contributed by atoms with E-state index < -0.39 is 30.0 Å². The number of nitrogens with one attached hydrogen (secondary N) is 2. The van der Waals surface area contributed by atoms with Crippen LogP contribution in [0.4, 0.5) is 0 Å². The molecule has 8 nitrogen and oxygen atoms in total. The zero-order valence-electron chi connectivity index (χ0n) is 14.7. The number of aryl methyl sites for hydroxylation is 1. The van der Waals surface area contributed by atoms with Gasteiger partial charge in [-0.2, -0.15) is 0 Å². The van der Waals surface area contributed by atoms with Gasteiger partial charge in [0.05, 0.1) is 12.1 Å². The number of hydrogen-bond donors (Lipinski definition) is 4. The fourth-order valence-electron chi connectivity index (χ4n) is 3.23. The number of carboxylic acid groups (broad SMARTS) is 1. The number of nitrogens with zero attached hydrogens (tertiary/aromatic N) is 1. The summed E-state index contributed by atoms with van der Waals surface area (Å²) >= 11 is 0. The van der Waals surface area contributed by atoms with E-state index in [0.717, 1.165) is 5.56 Å². The minimum absolute atomic E-state index is 0.356. The first-order valence-electron chi connectivity index (χ1n) is 8.71. The number of likely N-dealkylation sites (tertiary alicyclic amines) is 1. The number of rotatable bonds is 8. The first-order chi connectivity index (χ1) is 12.4. The quantitative estimate of drug-likeness (QED) is 0.396. The van der Waals surface area contributed by atoms with Crippen LogP contribution in [-0.2, 0) is 20.8 Å². The molecule has 8 heteroatoms. The second-order valence-corrected chi connectivity index (χ2v) is 6.47. The number of hydrogen-bond acceptors (Lipinski definition) is 5. The van der Waals surface area contributed by atoms with Crippen LogP contribution in [-0.4, -0.2) is 57.7 Å². The van der Waals surface area contributed by atoms with Crippen LogP contribution in [0.3, 0.4) is 0 Å². The van der Waals surface area contributed by atoms with E-state index in [1.54, 1.807) is 12.4 Å². The summed E-state index contributed by atoms with van der Waals surface area (Å²) in [6.45, 7) is 1.99. The zero-order valence-corrected chi connectivity index (χ0v) is 14.7. The first kappa shape index (κ1) is 19.9. The van der Waals surface area contributed by atoms with Crippen molar-refractivity contribution in [3.63, 3.8) is 0 Å². The predicted molar refractivity (Wildman–Crippen MR) is 93.4 cm³/mol. The Balaban J connectivity index is 1.99. The number of amides is 2. The molecule has 0 aromatic heterocycles. The molecule has 0 bridgehead atoms. The molecule has 1 saturated heterocycles. The molecule has 142 valence electrons. The van der Waals surface area contributed by atoms with Crippen molar-refractivity contribution in [2.45, 2.75) is 50.7 Å². The Morgan fingerprint density at radius 1 is 1.27 bits per heavy atom. The lowest BCUT2D eigenvalue weighted by Crippen LogP contribution is -2.54. The Hall–Kier alpha value is -2.45. The zero-order chi connectivity index (χ0) is 19.1. The van der Waals surface area contributed by atoms with Gasteiger partial charge >= 0.3 is 5.97 Å². The summed E-state index contributed by atoms with van der Waals surface area (Å²) in [7, 11) is 0. The predicted octanol–water partition coefficient (Wildman–Crippen LogP) is 0.547. The summed E-state index contributed by atoms with van der Waals surface area (Å²) in [5.41, 5.74) is 2.66. The monoisotopic (exact) mass is 363 g/mol. The van der Waals surface area contributed by atoms with Gasteiger partial charge in [-0.15, -0.1) is 0 Å². The van der Waals surface area contributed by atoms with Crippen LogP contribution >= 0.6 is 0 Å². The summed E-state index contributed by atoms with van der Waals surface area (Å²) in [6, 6.07) is 7.23. The van der Waals surface area contributed by atoms with E-state index >= 15 is 0 Å². The third-order valence-electron chi connectivity index (χ3n) is 4.63. The highest BCUT2D eigenvalue weighted by atomic mass is 16.5. The number of hydroxylamine groups is 1. The molecule has 0 radical (unpaired) electrons. The molecule has 0 saturated carbocycles. The first-order valence-corrected chi connectivity index (χ1v) is 8.71. The fraction of sp³-hybridized carbons (Fsp3) is 0.500. The minimum Gasteiger partial charge on any atom is -0.480 e. The SMILES string of the molecule is C[C@H](NC(CCc1ccccc1)C(=O)NO)C(=O)N1CCC[C@H]1C(=O)O. The molecular weight excluding hydrogens is 338 g/mol. The van der Waals surface area contributed by atoms with Crippen molar-refractivity contribution in [2.24, 2.45) is 0 Å². The molecule has 26 heavy (non-hydrogen) atoms. The van der Waals surface area contributed by atoms with E-state index in [9.17, 15) is 19.5 Å². The molecule has 0 spiro atoms. The number of carboxylic acids is 1. The van der Waals surface area contributed by atoms with Crippen LogP contribution < -0.4 is 10.8 Å². The maximum absolute atomic E-state index is 12.6. The molecule has 1 aromatic carbocycles. The van der Waals surface area contributed by atoms with Crippen molar-refractivity contribution < 1.29 is 24.7 Å². The Bertz CT molecular complexity index is 637. The Morgan fingerprint density at radius 3 is 2.58 bits per heavy atom. The molecule has 2 rings (SSSR count). The van der Waals surface area contributed by atoms with Crippen LogP contribution in [0, 0.1) is 0 Å². The van der Waals surface area contributed by atoms with Gasteiger partial charge in [-0.3, -0.25) is 20.1 Å². The summed E-state index contributed by atoms with van der Waals surface area (Å²) in [5, 5.41) is 21.1. The fourth-order valence-corrected chi connectivity index (χ4v) is 3.23. The van der Waals surface area contributed by atoms with E-state index in [1.807, 2.05) is 30.3 Å². The topological polar surface area (TPSA) is 119 Å². The Labute approximate surface area is 152 Å². The lowest BCUT2D eigenvalue weighted by atomic mass is 10.0. The van der Waals surface area contributed by atoms with Gasteiger partial charge < -0.3 is 10.0 Å². The van der Waals surface area contributed by atoms with Gasteiger partial charge in [-0.25, -0.2) is 10.3 Å². The second kappa shape index (κ2) is 9.30. The van der Waals surface area contributed by atoms with E-state index in [1.165, 1.54) is 4.90 Å². The number of carbonyl (C=O) groups is 3. The van der Waals surface area contributed by atoms with Crippen LogP contribution in [0.25, 0.3) is 0 Å². The van der Waals surface area contributed by atoms with Crippen LogP contribution in [0.1, 0.15) is 31.7 Å². The lowest BCUT2D eigenvalue weighted by molar-refractivity contribution is -0.149. The van der Waals surface area contributed by atoms with Crippen molar-refractivity contribution in [3.8, 4) is 0 Å². The van der Waals surface area contributed by atoms with E-state index in [4.69, 9.17) is 5.21 Å². The van der Waals surface area contributed by atoms with E-state index in [-0.39, 0.29) is 5.91 Å². The molecule has 1 aromatic rings. The molecule has 4 N–H and O–H groups in total. The van der Waals surface area contributed by atoms with Crippen LogP contribution in [0.15, 0.2) is 30.3 Å². The highest BCUT2D eigenvalue weighted by Crippen LogP contribution is 2.18. The third kappa shape index (κ3) is 5.03. The van der Waals surface area contributed by atoms with E-state index in [2.05, 4.69) is 5.32 Å². The molecule has 0 aliphatic carbocycles. The van der Waals surface area contributed by atoms with Gasteiger partial charge in [0.25, 0.3) is 5.91 Å². The van der Waals surface area contributed by atoms with Crippen LogP contribution in [0.5, 0.6) is 0 Å². The van der Waals surface area contributed by atoms with Gasteiger partial charge in [-0.05, 0) is 38.2 Å². The van der Waals surface area contributed by atoms with E-state index in [0.29, 0.717) is 32.2 Å². The van der Waals surface area contributed by atoms with Crippen LogP contribution in [0.2, 0.25) is 0 Å². The molecular formula is C18H25N3O5. The Morgan fingerprint density at radius 2 is 1.96 bits per heavy atom. The normalized spacial score (nSPS) is 19.0. The van der Waals surface area contributed by atoms with Gasteiger partial charge in [0.2, 0.25) is 5.91 Å². The average molecular weight is 363 g/mol. The molecule has 1 fully saturated rings. The van der Waals surface area contributed by atoms with Crippen molar-refractivity contribution >= 4 is 17.8 Å². The summed E-state index contributed by atoms with van der Waals surface area (Å²) < 4.78 is 0. The number of aliphatic carboxylic acids is 1. The van der Waals surface area contributed by atoms with Crippen molar-refractivity contribution in [2.75, 3.05) is 6.54 Å². The minimum atomic E-state index is -1.02. The van der Waals surface area contributed by atoms with Gasteiger partial charge in [0, 0.05) is 6.54 Å². The van der Waals surface area contributed by atoms with Gasteiger partial charge in [0.15, 0.2) is 0 Å². The molecule has 1 unspecified atom stereocenters. The summed E-state index contributed by atoms with van der Waals surface area (Å²) in [4.78, 5) is 37.1.